The summed E-state index contributed by atoms with van der Waals surface area (Å²) in [4.78, 5) is 33.4. The summed E-state index contributed by atoms with van der Waals surface area (Å²) in [6.07, 6.45) is 7.13. The Labute approximate surface area is 245 Å². The van der Waals surface area contributed by atoms with Gasteiger partial charge in [-0.15, -0.1) is 0 Å². The minimum atomic E-state index is -0.945. The fourth-order valence-electron chi connectivity index (χ4n) is 4.92. The molecule has 0 spiro atoms. The Hall–Kier alpha value is -5.71. The molecule has 3 heterocycles. The lowest BCUT2D eigenvalue weighted by atomic mass is 9.99. The smallest absolute Gasteiger partial charge is 0.261 e. The van der Waals surface area contributed by atoms with Crippen LogP contribution in [0.5, 0.6) is 0 Å². The second-order valence-electron chi connectivity index (χ2n) is 9.82. The average Bonchev–Trinajstić information content (AvgIpc) is 3.37. The molecule has 214 valence electrons. The number of amides is 2. The van der Waals surface area contributed by atoms with Crippen LogP contribution in [0, 0.1) is 11.6 Å². The van der Waals surface area contributed by atoms with Crippen LogP contribution in [0.15, 0.2) is 85.1 Å². The molecule has 43 heavy (non-hydrogen) atoms. The molecule has 1 aliphatic rings. The van der Waals surface area contributed by atoms with Gasteiger partial charge in [-0.1, -0.05) is 30.3 Å². The highest BCUT2D eigenvalue weighted by atomic mass is 19.1. The van der Waals surface area contributed by atoms with E-state index in [9.17, 15) is 18.4 Å². The molecular formula is C32H25F2N7O2. The first-order chi connectivity index (χ1) is 20.9. The third-order valence-electron chi connectivity index (χ3n) is 6.74. The van der Waals surface area contributed by atoms with E-state index in [1.54, 1.807) is 47.3 Å². The van der Waals surface area contributed by atoms with Gasteiger partial charge < -0.3 is 16.0 Å². The number of halogens is 2. The summed E-state index contributed by atoms with van der Waals surface area (Å²) in [6.45, 7) is 1.44. The molecular weight excluding hydrogens is 552 g/mol. The van der Waals surface area contributed by atoms with E-state index >= 15 is 0 Å². The number of rotatable bonds is 7. The SMILES string of the molecule is CC(=O)Nc1cccc(Nc2nccc(-c3c(-c4cccc(NC(=O)c5c(F)cccc5F)c4)nn4c3CCC=C4)n2)c1. The minimum absolute atomic E-state index is 0.175. The average molecular weight is 578 g/mol. The molecule has 0 saturated carbocycles. The number of aromatic nitrogens is 4. The number of nitrogens with one attached hydrogen (secondary N) is 3. The maximum absolute atomic E-state index is 14.2. The fraction of sp³-hybridized carbons (Fsp3) is 0.0938. The van der Waals surface area contributed by atoms with Gasteiger partial charge in [-0.25, -0.2) is 23.4 Å². The van der Waals surface area contributed by atoms with Gasteiger partial charge in [0.05, 0.1) is 17.0 Å². The van der Waals surface area contributed by atoms with E-state index in [1.807, 2.05) is 30.5 Å². The molecule has 1 aliphatic heterocycles. The van der Waals surface area contributed by atoms with Crippen LogP contribution in [-0.4, -0.2) is 31.6 Å². The Bertz CT molecular complexity index is 1880. The lowest BCUT2D eigenvalue weighted by Crippen LogP contribution is -2.15. The largest absolute Gasteiger partial charge is 0.326 e. The Morgan fingerprint density at radius 2 is 1.60 bits per heavy atom. The van der Waals surface area contributed by atoms with Crippen molar-refractivity contribution in [2.45, 2.75) is 19.8 Å². The first-order valence-corrected chi connectivity index (χ1v) is 13.5. The molecule has 5 aromatic rings. The number of nitrogens with zero attached hydrogens (tertiary/aromatic N) is 4. The predicted octanol–water partition coefficient (Wildman–Crippen LogP) is 6.66. The molecule has 0 atom stereocenters. The van der Waals surface area contributed by atoms with Crippen LogP contribution < -0.4 is 16.0 Å². The van der Waals surface area contributed by atoms with Crippen molar-refractivity contribution in [3.05, 3.63) is 108 Å². The highest BCUT2D eigenvalue weighted by molar-refractivity contribution is 6.05. The zero-order valence-electron chi connectivity index (χ0n) is 22.9. The van der Waals surface area contributed by atoms with E-state index in [2.05, 4.69) is 20.9 Å². The van der Waals surface area contributed by atoms with E-state index in [4.69, 9.17) is 10.1 Å². The monoisotopic (exact) mass is 577 g/mol. The van der Waals surface area contributed by atoms with Gasteiger partial charge in [-0.3, -0.25) is 9.59 Å². The number of anilines is 4. The number of fused-ring (bicyclic) bond motifs is 1. The van der Waals surface area contributed by atoms with Crippen LogP contribution in [0.1, 0.15) is 29.4 Å². The number of hydrogen-bond donors (Lipinski definition) is 3. The van der Waals surface area contributed by atoms with Crippen molar-refractivity contribution in [2.75, 3.05) is 16.0 Å². The molecule has 0 saturated heterocycles. The van der Waals surface area contributed by atoms with Crippen LogP contribution in [0.25, 0.3) is 28.7 Å². The standard InChI is InChI=1S/C32H25F2N7O2/c1-19(42)36-22-9-5-10-23(18-22)38-32-35-15-14-26(39-32)29-27-13-2-3-16-41(27)40-30(29)20-7-4-8-21(17-20)37-31(43)28-24(33)11-6-12-25(28)34/h3-12,14-18H,2,13H2,1H3,(H,36,42)(H,37,43)(H,35,38,39). The van der Waals surface area contributed by atoms with Crippen molar-refractivity contribution in [3.8, 4) is 22.5 Å². The van der Waals surface area contributed by atoms with Crippen LogP contribution >= 0.6 is 0 Å². The molecule has 3 aromatic carbocycles. The molecule has 2 aromatic heterocycles. The number of hydrogen-bond acceptors (Lipinski definition) is 6. The van der Waals surface area contributed by atoms with Crippen molar-refractivity contribution in [1.82, 2.24) is 19.7 Å². The van der Waals surface area contributed by atoms with Gasteiger partial charge in [0.15, 0.2) is 0 Å². The lowest BCUT2D eigenvalue weighted by molar-refractivity contribution is -0.114. The van der Waals surface area contributed by atoms with Crippen LogP contribution in [0.2, 0.25) is 0 Å². The van der Waals surface area contributed by atoms with Crippen LogP contribution in [-0.2, 0) is 11.2 Å². The summed E-state index contributed by atoms with van der Waals surface area (Å²) in [5.41, 5.74) is 4.70. The minimum Gasteiger partial charge on any atom is -0.326 e. The van der Waals surface area contributed by atoms with Crippen molar-refractivity contribution >= 4 is 41.0 Å². The normalized spacial score (nSPS) is 12.0. The fourth-order valence-corrected chi connectivity index (χ4v) is 4.92. The Morgan fingerprint density at radius 1 is 0.884 bits per heavy atom. The third-order valence-corrected chi connectivity index (χ3v) is 6.74. The summed E-state index contributed by atoms with van der Waals surface area (Å²) < 4.78 is 30.2. The van der Waals surface area contributed by atoms with Crippen LogP contribution in [0.4, 0.5) is 31.8 Å². The Balaban J connectivity index is 1.35. The van der Waals surface area contributed by atoms with Gasteiger partial charge in [0.2, 0.25) is 11.9 Å². The van der Waals surface area contributed by atoms with E-state index in [1.165, 1.54) is 13.0 Å². The maximum atomic E-state index is 14.2. The van der Waals surface area contributed by atoms with Crippen molar-refractivity contribution in [2.24, 2.45) is 0 Å². The highest BCUT2D eigenvalue weighted by Gasteiger charge is 2.23. The van der Waals surface area contributed by atoms with Crippen molar-refractivity contribution in [3.63, 3.8) is 0 Å². The molecule has 0 aliphatic carbocycles. The quantitative estimate of drug-likeness (QED) is 0.199. The highest BCUT2D eigenvalue weighted by Crippen LogP contribution is 2.37. The zero-order chi connectivity index (χ0) is 29.9. The summed E-state index contributed by atoms with van der Waals surface area (Å²) in [7, 11) is 0. The van der Waals surface area contributed by atoms with Crippen LogP contribution in [0.3, 0.4) is 0 Å². The molecule has 9 nitrogen and oxygen atoms in total. The predicted molar refractivity (Wildman–Crippen MR) is 161 cm³/mol. The van der Waals surface area contributed by atoms with Gasteiger partial charge in [0.25, 0.3) is 5.91 Å². The molecule has 6 rings (SSSR count). The van der Waals surface area contributed by atoms with Gasteiger partial charge in [0.1, 0.15) is 22.9 Å². The summed E-state index contributed by atoms with van der Waals surface area (Å²) in [6, 6.07) is 19.2. The van der Waals surface area contributed by atoms with E-state index in [-0.39, 0.29) is 5.91 Å². The molecule has 0 unspecified atom stereocenters. The van der Waals surface area contributed by atoms with Gasteiger partial charge >= 0.3 is 0 Å². The molecule has 0 radical (unpaired) electrons. The number of benzene rings is 3. The number of carbonyl (C=O) groups is 2. The zero-order valence-corrected chi connectivity index (χ0v) is 22.9. The molecule has 11 heteroatoms. The number of allylic oxidation sites excluding steroid dienone is 1. The molecule has 3 N–H and O–H groups in total. The molecule has 2 amide bonds. The third kappa shape index (κ3) is 5.87. The maximum Gasteiger partial charge on any atom is 0.261 e. The first kappa shape index (κ1) is 27.5. The van der Waals surface area contributed by atoms with E-state index in [0.717, 1.165) is 36.2 Å². The summed E-state index contributed by atoms with van der Waals surface area (Å²) in [5, 5.41) is 13.4. The van der Waals surface area contributed by atoms with E-state index in [0.29, 0.717) is 40.0 Å². The van der Waals surface area contributed by atoms with Crippen molar-refractivity contribution < 1.29 is 18.4 Å². The first-order valence-electron chi connectivity index (χ1n) is 13.5. The van der Waals surface area contributed by atoms with Crippen molar-refractivity contribution in [1.29, 1.82) is 0 Å². The Morgan fingerprint density at radius 3 is 2.40 bits per heavy atom. The topological polar surface area (TPSA) is 114 Å². The second-order valence-corrected chi connectivity index (χ2v) is 9.82. The second kappa shape index (κ2) is 11.6. The summed E-state index contributed by atoms with van der Waals surface area (Å²) >= 11 is 0. The van der Waals surface area contributed by atoms with Gasteiger partial charge in [0, 0.05) is 41.9 Å². The Kier molecular flexibility index (Phi) is 7.44. The lowest BCUT2D eigenvalue weighted by Gasteiger charge is -2.12. The van der Waals surface area contributed by atoms with Gasteiger partial charge in [-0.2, -0.15) is 5.10 Å². The molecule has 0 bridgehead atoms. The summed E-state index contributed by atoms with van der Waals surface area (Å²) in [5.74, 6) is -2.61. The molecule has 0 fully saturated rings. The number of carbonyl (C=O) groups excluding carboxylic acids is 2. The van der Waals surface area contributed by atoms with E-state index < -0.39 is 23.1 Å². The van der Waals surface area contributed by atoms with Gasteiger partial charge in [-0.05, 0) is 61.4 Å².